The highest BCUT2D eigenvalue weighted by molar-refractivity contribution is 8.01. The molecule has 0 radical (unpaired) electrons. The molecule has 2 aromatic rings. The molecular formula is C19H18ClN3O4S2. The van der Waals surface area contributed by atoms with Crippen molar-refractivity contribution in [3.05, 3.63) is 47.5 Å². The molecule has 10 heteroatoms. The largest absolute Gasteiger partial charge is 0.341 e. The fourth-order valence-corrected chi connectivity index (χ4v) is 5.52. The number of benzene rings is 2. The van der Waals surface area contributed by atoms with Gasteiger partial charge in [-0.15, -0.1) is 11.8 Å². The Morgan fingerprint density at radius 3 is 2.52 bits per heavy atom. The lowest BCUT2D eigenvalue weighted by Gasteiger charge is -2.27. The molecule has 1 atom stereocenters. The third-order valence-corrected chi connectivity index (χ3v) is 7.63. The van der Waals surface area contributed by atoms with Gasteiger partial charge in [-0.2, -0.15) is 0 Å². The minimum atomic E-state index is -3.85. The van der Waals surface area contributed by atoms with Crippen molar-refractivity contribution in [3.8, 4) is 0 Å². The first-order valence-electron chi connectivity index (χ1n) is 9.02. The van der Waals surface area contributed by atoms with E-state index in [1.165, 1.54) is 12.1 Å². The van der Waals surface area contributed by atoms with Crippen LogP contribution in [0.3, 0.4) is 0 Å². The van der Waals surface area contributed by atoms with Crippen LogP contribution >= 0.6 is 23.4 Å². The van der Waals surface area contributed by atoms with Gasteiger partial charge in [0.05, 0.1) is 10.6 Å². The lowest BCUT2D eigenvalue weighted by molar-refractivity contribution is -0.133. The van der Waals surface area contributed by atoms with Gasteiger partial charge >= 0.3 is 0 Å². The summed E-state index contributed by atoms with van der Waals surface area (Å²) in [6.07, 6.45) is 1.90. The number of thioether (sulfide) groups is 1. The van der Waals surface area contributed by atoms with E-state index in [2.05, 4.69) is 10.0 Å². The Balaban J connectivity index is 1.55. The molecule has 2 aromatic carbocycles. The summed E-state index contributed by atoms with van der Waals surface area (Å²) in [6, 6.07) is 10.8. The van der Waals surface area contributed by atoms with Crippen LogP contribution in [0.25, 0.3) is 0 Å². The zero-order chi connectivity index (χ0) is 20.6. The van der Waals surface area contributed by atoms with Crippen molar-refractivity contribution < 1.29 is 18.0 Å². The molecule has 29 heavy (non-hydrogen) atoms. The summed E-state index contributed by atoms with van der Waals surface area (Å²) in [5, 5.41) is 2.33. The normalized spacial score (nSPS) is 18.9. The SMILES string of the molecule is O=C1Nc2cc(S(=O)(=O)Nc3ccc(Cl)cc3)ccc2SC1C(=O)N1CCCC1. The number of hydrogen-bond acceptors (Lipinski definition) is 5. The summed E-state index contributed by atoms with van der Waals surface area (Å²) in [6.45, 7) is 1.34. The van der Waals surface area contributed by atoms with E-state index in [9.17, 15) is 18.0 Å². The Kier molecular flexibility index (Phi) is 5.46. The number of nitrogens with one attached hydrogen (secondary N) is 2. The fraction of sp³-hybridized carbons (Fsp3) is 0.263. The number of hydrogen-bond donors (Lipinski definition) is 2. The predicted molar refractivity (Wildman–Crippen MR) is 113 cm³/mol. The zero-order valence-electron chi connectivity index (χ0n) is 15.2. The lowest BCUT2D eigenvalue weighted by atomic mass is 10.2. The van der Waals surface area contributed by atoms with Crippen LogP contribution in [-0.2, 0) is 19.6 Å². The molecule has 0 saturated carbocycles. The van der Waals surface area contributed by atoms with Gasteiger partial charge in [-0.1, -0.05) is 11.6 Å². The van der Waals surface area contributed by atoms with E-state index < -0.39 is 21.2 Å². The number of carbonyl (C=O) groups is 2. The third kappa shape index (κ3) is 4.22. The molecule has 152 valence electrons. The number of anilines is 2. The average molecular weight is 452 g/mol. The van der Waals surface area contributed by atoms with Crippen LogP contribution in [0.4, 0.5) is 11.4 Å². The summed E-state index contributed by atoms with van der Waals surface area (Å²) in [5.41, 5.74) is 0.756. The second-order valence-corrected chi connectivity index (χ2v) is 10.1. The van der Waals surface area contributed by atoms with E-state index in [0.29, 0.717) is 34.4 Å². The first-order valence-corrected chi connectivity index (χ1v) is 11.8. The number of halogens is 1. The van der Waals surface area contributed by atoms with Gasteiger partial charge in [-0.25, -0.2) is 8.42 Å². The molecular weight excluding hydrogens is 434 g/mol. The summed E-state index contributed by atoms with van der Waals surface area (Å²) in [4.78, 5) is 27.5. The second kappa shape index (κ2) is 7.89. The predicted octanol–water partition coefficient (Wildman–Crippen LogP) is 3.18. The van der Waals surface area contributed by atoms with Gasteiger partial charge in [-0.05, 0) is 55.3 Å². The van der Waals surface area contributed by atoms with Crippen LogP contribution in [0.15, 0.2) is 52.3 Å². The molecule has 2 aliphatic rings. The van der Waals surface area contributed by atoms with Gasteiger partial charge < -0.3 is 10.2 Å². The van der Waals surface area contributed by atoms with E-state index in [-0.39, 0.29) is 10.8 Å². The maximum Gasteiger partial charge on any atom is 0.261 e. The van der Waals surface area contributed by atoms with Gasteiger partial charge in [-0.3, -0.25) is 14.3 Å². The van der Waals surface area contributed by atoms with E-state index in [4.69, 9.17) is 11.6 Å². The molecule has 0 bridgehead atoms. The molecule has 4 rings (SSSR count). The number of sulfonamides is 1. The van der Waals surface area contributed by atoms with Crippen molar-refractivity contribution >= 4 is 56.6 Å². The van der Waals surface area contributed by atoms with Crippen molar-refractivity contribution in [2.45, 2.75) is 27.9 Å². The second-order valence-electron chi connectivity index (χ2n) is 6.79. The Bertz CT molecular complexity index is 1070. The molecule has 7 nitrogen and oxygen atoms in total. The molecule has 2 amide bonds. The van der Waals surface area contributed by atoms with Gasteiger partial charge in [0.2, 0.25) is 11.8 Å². The lowest BCUT2D eigenvalue weighted by Crippen LogP contribution is -2.43. The number of nitrogens with zero attached hydrogens (tertiary/aromatic N) is 1. The average Bonchev–Trinajstić information content (AvgIpc) is 3.23. The highest BCUT2D eigenvalue weighted by Gasteiger charge is 2.37. The number of rotatable bonds is 4. The molecule has 1 unspecified atom stereocenters. The zero-order valence-corrected chi connectivity index (χ0v) is 17.6. The minimum absolute atomic E-state index is 0.0106. The van der Waals surface area contributed by atoms with E-state index in [1.807, 2.05) is 0 Å². The Hall–Kier alpha value is -2.23. The van der Waals surface area contributed by atoms with Crippen molar-refractivity contribution in [2.24, 2.45) is 0 Å². The summed E-state index contributed by atoms with van der Waals surface area (Å²) in [7, 11) is -3.85. The topological polar surface area (TPSA) is 95.6 Å². The summed E-state index contributed by atoms with van der Waals surface area (Å²) >= 11 is 6.97. The van der Waals surface area contributed by atoms with Crippen LogP contribution < -0.4 is 10.0 Å². The highest BCUT2D eigenvalue weighted by Crippen LogP contribution is 2.38. The quantitative estimate of drug-likeness (QED) is 0.696. The van der Waals surface area contributed by atoms with Gasteiger partial charge in [0, 0.05) is 28.7 Å². The molecule has 2 heterocycles. The molecule has 1 fully saturated rings. The van der Waals surface area contributed by atoms with Crippen molar-refractivity contribution in [1.29, 1.82) is 0 Å². The molecule has 0 aliphatic carbocycles. The number of likely N-dealkylation sites (tertiary alicyclic amines) is 1. The smallest absolute Gasteiger partial charge is 0.261 e. The maximum atomic E-state index is 12.7. The van der Waals surface area contributed by atoms with E-state index in [0.717, 1.165) is 24.6 Å². The Labute approximate surface area is 177 Å². The number of amides is 2. The first-order chi connectivity index (χ1) is 13.8. The standard InChI is InChI=1S/C19H18ClN3O4S2/c20-12-3-5-13(6-4-12)22-29(26,27)14-7-8-16-15(11-14)21-18(24)17(28-16)19(25)23-9-1-2-10-23/h3-8,11,17,22H,1-2,9-10H2,(H,21,24). The number of fused-ring (bicyclic) bond motifs is 1. The monoisotopic (exact) mass is 451 g/mol. The minimum Gasteiger partial charge on any atom is -0.341 e. The molecule has 2 N–H and O–H groups in total. The van der Waals surface area contributed by atoms with Crippen LogP contribution in [0, 0.1) is 0 Å². The third-order valence-electron chi connectivity index (χ3n) is 4.74. The molecule has 1 saturated heterocycles. The van der Waals surface area contributed by atoms with Crippen LogP contribution in [0.5, 0.6) is 0 Å². The summed E-state index contributed by atoms with van der Waals surface area (Å²) < 4.78 is 27.8. The highest BCUT2D eigenvalue weighted by atomic mass is 35.5. The van der Waals surface area contributed by atoms with Crippen LogP contribution in [-0.4, -0.2) is 43.5 Å². The first kappa shape index (κ1) is 20.1. The summed E-state index contributed by atoms with van der Waals surface area (Å²) in [5.74, 6) is -0.628. The van der Waals surface area contributed by atoms with Crippen molar-refractivity contribution in [2.75, 3.05) is 23.1 Å². The van der Waals surface area contributed by atoms with Crippen LogP contribution in [0.1, 0.15) is 12.8 Å². The molecule has 2 aliphatic heterocycles. The van der Waals surface area contributed by atoms with Gasteiger partial charge in [0.1, 0.15) is 0 Å². The van der Waals surface area contributed by atoms with Crippen molar-refractivity contribution in [3.63, 3.8) is 0 Å². The van der Waals surface area contributed by atoms with E-state index in [1.54, 1.807) is 35.2 Å². The molecule has 0 aromatic heterocycles. The van der Waals surface area contributed by atoms with E-state index >= 15 is 0 Å². The maximum absolute atomic E-state index is 12.7. The fourth-order valence-electron chi connectivity index (χ4n) is 3.25. The van der Waals surface area contributed by atoms with Gasteiger partial charge in [0.15, 0.2) is 5.25 Å². The molecule has 0 spiro atoms. The van der Waals surface area contributed by atoms with Crippen LogP contribution in [0.2, 0.25) is 5.02 Å². The Morgan fingerprint density at radius 1 is 1.14 bits per heavy atom. The Morgan fingerprint density at radius 2 is 1.83 bits per heavy atom. The van der Waals surface area contributed by atoms with Gasteiger partial charge in [0.25, 0.3) is 10.0 Å². The van der Waals surface area contributed by atoms with Crippen molar-refractivity contribution in [1.82, 2.24) is 4.90 Å². The number of carbonyl (C=O) groups excluding carboxylic acids is 2.